The predicted molar refractivity (Wildman–Crippen MR) is 66.5 cm³/mol. The van der Waals surface area contributed by atoms with Crippen LogP contribution in [0.25, 0.3) is 0 Å². The van der Waals surface area contributed by atoms with Crippen molar-refractivity contribution in [3.8, 4) is 0 Å². The van der Waals surface area contributed by atoms with Gasteiger partial charge >= 0.3 is 5.97 Å². The summed E-state index contributed by atoms with van der Waals surface area (Å²) in [5.74, 6) is -1.93. The van der Waals surface area contributed by atoms with Crippen molar-refractivity contribution in [1.29, 1.82) is 0 Å². The van der Waals surface area contributed by atoms with Gasteiger partial charge in [0.05, 0.1) is 17.2 Å². The van der Waals surface area contributed by atoms with E-state index in [2.05, 4.69) is 10.3 Å². The van der Waals surface area contributed by atoms with Crippen molar-refractivity contribution < 1.29 is 22.7 Å². The molecule has 1 aliphatic heterocycles. The average Bonchev–Trinajstić information content (AvgIpc) is 2.66. The topological polar surface area (TPSA) is 96.4 Å². The number of nitrogens with one attached hydrogen (secondary N) is 1. The first-order valence-electron chi connectivity index (χ1n) is 5.74. The van der Waals surface area contributed by atoms with Crippen LogP contribution in [0.4, 0.5) is 10.2 Å². The number of rotatable bonds is 4. The van der Waals surface area contributed by atoms with Crippen molar-refractivity contribution in [1.82, 2.24) is 4.98 Å². The van der Waals surface area contributed by atoms with Gasteiger partial charge in [-0.1, -0.05) is 0 Å². The number of pyridine rings is 1. The molecule has 0 saturated carbocycles. The molecule has 2 rings (SSSR count). The Morgan fingerprint density at radius 2 is 2.32 bits per heavy atom. The number of carbonyl (C=O) groups is 1. The number of nitrogens with zero attached hydrogens (tertiary/aromatic N) is 1. The van der Waals surface area contributed by atoms with Crippen molar-refractivity contribution in [2.75, 3.05) is 17.6 Å². The number of aromatic carboxylic acids is 1. The van der Waals surface area contributed by atoms with E-state index in [1.54, 1.807) is 0 Å². The maximum atomic E-state index is 12.9. The first-order valence-corrected chi connectivity index (χ1v) is 7.46. The molecule has 1 aliphatic rings. The second-order valence-electron chi connectivity index (χ2n) is 4.37. The zero-order valence-corrected chi connectivity index (χ0v) is 10.8. The molecule has 0 aliphatic carbocycles. The van der Waals surface area contributed by atoms with Gasteiger partial charge < -0.3 is 10.4 Å². The first-order chi connectivity index (χ1) is 8.90. The zero-order chi connectivity index (χ0) is 14.0. The highest BCUT2D eigenvalue weighted by Gasteiger charge is 2.31. The van der Waals surface area contributed by atoms with E-state index < -0.39 is 26.9 Å². The summed E-state index contributed by atoms with van der Waals surface area (Å²) in [5, 5.41) is 11.1. The summed E-state index contributed by atoms with van der Waals surface area (Å²) < 4.78 is 36.2. The molecule has 104 valence electrons. The van der Waals surface area contributed by atoms with Gasteiger partial charge in [0.15, 0.2) is 9.84 Å². The van der Waals surface area contributed by atoms with E-state index >= 15 is 0 Å². The highest BCUT2D eigenvalue weighted by molar-refractivity contribution is 7.92. The van der Waals surface area contributed by atoms with E-state index in [1.165, 1.54) is 0 Å². The Labute approximate surface area is 109 Å². The molecule has 0 bridgehead atoms. The van der Waals surface area contributed by atoms with Gasteiger partial charge in [-0.3, -0.25) is 0 Å². The Morgan fingerprint density at radius 3 is 2.89 bits per heavy atom. The van der Waals surface area contributed by atoms with Crippen molar-refractivity contribution in [2.45, 2.75) is 18.1 Å². The lowest BCUT2D eigenvalue weighted by Crippen LogP contribution is -2.26. The number of hydrogen-bond donors (Lipinski definition) is 2. The minimum Gasteiger partial charge on any atom is -0.478 e. The molecular formula is C11H13FN2O4S. The van der Waals surface area contributed by atoms with Gasteiger partial charge in [0.25, 0.3) is 0 Å². The lowest BCUT2D eigenvalue weighted by Gasteiger charge is -2.12. The summed E-state index contributed by atoms with van der Waals surface area (Å²) in [5.41, 5.74) is -0.310. The summed E-state index contributed by atoms with van der Waals surface area (Å²) >= 11 is 0. The Balaban J connectivity index is 2.14. The highest BCUT2D eigenvalue weighted by Crippen LogP contribution is 2.21. The summed E-state index contributed by atoms with van der Waals surface area (Å²) in [6.07, 6.45) is 2.04. The van der Waals surface area contributed by atoms with Crippen LogP contribution in [0.2, 0.25) is 0 Å². The summed E-state index contributed by atoms with van der Waals surface area (Å²) in [7, 11) is -3.11. The van der Waals surface area contributed by atoms with Crippen LogP contribution in [-0.2, 0) is 9.84 Å². The summed E-state index contributed by atoms with van der Waals surface area (Å²) in [6, 6.07) is 0.848. The van der Waals surface area contributed by atoms with Crippen LogP contribution in [0.3, 0.4) is 0 Å². The van der Waals surface area contributed by atoms with E-state index in [1.807, 2.05) is 0 Å². The van der Waals surface area contributed by atoms with E-state index in [9.17, 15) is 17.6 Å². The van der Waals surface area contributed by atoms with Gasteiger partial charge in [-0.25, -0.2) is 22.6 Å². The highest BCUT2D eigenvalue weighted by atomic mass is 32.2. The SMILES string of the molecule is O=C(O)c1cc(F)cnc1NCC1CCCS1(=O)=O. The molecule has 0 spiro atoms. The molecule has 1 fully saturated rings. The molecule has 1 aromatic heterocycles. The Bertz CT molecular complexity index is 603. The monoisotopic (exact) mass is 288 g/mol. The van der Waals surface area contributed by atoms with Gasteiger partial charge in [-0.2, -0.15) is 0 Å². The molecule has 1 atom stereocenters. The van der Waals surface area contributed by atoms with Crippen LogP contribution in [0.15, 0.2) is 12.3 Å². The number of halogens is 1. The second kappa shape index (κ2) is 5.12. The Morgan fingerprint density at radius 1 is 1.58 bits per heavy atom. The molecule has 1 aromatic rings. The molecule has 0 aromatic carbocycles. The van der Waals surface area contributed by atoms with E-state index in [4.69, 9.17) is 5.11 Å². The number of sulfone groups is 1. The zero-order valence-electron chi connectivity index (χ0n) is 9.97. The summed E-state index contributed by atoms with van der Waals surface area (Å²) in [6.45, 7) is 0.0846. The smallest absolute Gasteiger partial charge is 0.339 e. The van der Waals surface area contributed by atoms with Crippen LogP contribution in [0.5, 0.6) is 0 Å². The number of carboxylic acids is 1. The fourth-order valence-corrected chi connectivity index (χ4v) is 3.81. The van der Waals surface area contributed by atoms with Gasteiger partial charge in [0.1, 0.15) is 17.2 Å². The minimum atomic E-state index is -3.11. The number of anilines is 1. The predicted octanol–water partition coefficient (Wildman–Crippen LogP) is 0.908. The minimum absolute atomic E-state index is 0.0176. The summed E-state index contributed by atoms with van der Waals surface area (Å²) in [4.78, 5) is 14.6. The number of aromatic nitrogens is 1. The maximum Gasteiger partial charge on any atom is 0.339 e. The lowest BCUT2D eigenvalue weighted by molar-refractivity contribution is 0.0697. The quantitative estimate of drug-likeness (QED) is 0.854. The van der Waals surface area contributed by atoms with Crippen LogP contribution in [0.1, 0.15) is 23.2 Å². The van der Waals surface area contributed by atoms with E-state index in [-0.39, 0.29) is 23.7 Å². The Hall–Kier alpha value is -1.70. The van der Waals surface area contributed by atoms with Gasteiger partial charge in [0, 0.05) is 6.54 Å². The number of hydrogen-bond acceptors (Lipinski definition) is 5. The van der Waals surface area contributed by atoms with Gasteiger partial charge in [0.2, 0.25) is 0 Å². The molecule has 6 nitrogen and oxygen atoms in total. The van der Waals surface area contributed by atoms with E-state index in [0.717, 1.165) is 12.3 Å². The van der Waals surface area contributed by atoms with Crippen LogP contribution in [-0.4, -0.2) is 42.0 Å². The molecule has 8 heteroatoms. The third kappa shape index (κ3) is 3.01. The molecule has 2 N–H and O–H groups in total. The molecule has 2 heterocycles. The van der Waals surface area contributed by atoms with Crippen molar-refractivity contribution >= 4 is 21.6 Å². The normalized spacial score (nSPS) is 21.2. The van der Waals surface area contributed by atoms with Crippen molar-refractivity contribution in [3.05, 3.63) is 23.6 Å². The molecule has 1 unspecified atom stereocenters. The first kappa shape index (κ1) is 13.7. The fourth-order valence-electron chi connectivity index (χ4n) is 2.04. The van der Waals surface area contributed by atoms with Crippen molar-refractivity contribution in [2.24, 2.45) is 0 Å². The van der Waals surface area contributed by atoms with Crippen LogP contribution in [0, 0.1) is 5.82 Å². The molecule has 0 amide bonds. The lowest BCUT2D eigenvalue weighted by atomic mass is 10.2. The van der Waals surface area contributed by atoms with Gasteiger partial charge in [-0.15, -0.1) is 0 Å². The molecule has 19 heavy (non-hydrogen) atoms. The van der Waals surface area contributed by atoms with Crippen LogP contribution >= 0.6 is 0 Å². The Kier molecular flexibility index (Phi) is 3.70. The fraction of sp³-hybridized carbons (Fsp3) is 0.455. The largest absolute Gasteiger partial charge is 0.478 e. The number of carboxylic acid groups (broad SMARTS) is 1. The molecule has 1 saturated heterocycles. The molecule has 0 radical (unpaired) electrons. The third-order valence-electron chi connectivity index (χ3n) is 3.04. The standard InChI is InChI=1S/C11H13FN2O4S/c12-7-4-9(11(15)16)10(13-5-7)14-6-8-2-1-3-19(8,17)18/h4-5,8H,1-3,6H2,(H,13,14)(H,15,16). The van der Waals surface area contributed by atoms with Crippen molar-refractivity contribution in [3.63, 3.8) is 0 Å². The molecular weight excluding hydrogens is 275 g/mol. The van der Waals surface area contributed by atoms with Gasteiger partial charge in [-0.05, 0) is 18.9 Å². The maximum absolute atomic E-state index is 12.9. The van der Waals surface area contributed by atoms with Crippen LogP contribution < -0.4 is 5.32 Å². The second-order valence-corrected chi connectivity index (χ2v) is 6.77. The average molecular weight is 288 g/mol. The third-order valence-corrected chi connectivity index (χ3v) is 5.32. The van der Waals surface area contributed by atoms with E-state index in [0.29, 0.717) is 12.8 Å².